The minimum absolute atomic E-state index is 0.0153. The summed E-state index contributed by atoms with van der Waals surface area (Å²) in [5, 5.41) is 13.3. The van der Waals surface area contributed by atoms with E-state index < -0.39 is 23.5 Å². The molecule has 31 heavy (non-hydrogen) atoms. The Hall–Kier alpha value is -3.23. The molecule has 0 spiro atoms. The number of amides is 1. The van der Waals surface area contributed by atoms with Crippen LogP contribution in [0.2, 0.25) is 0 Å². The van der Waals surface area contributed by atoms with Gasteiger partial charge in [-0.15, -0.1) is 11.3 Å². The van der Waals surface area contributed by atoms with Crippen molar-refractivity contribution >= 4 is 49.9 Å². The Bertz CT molecular complexity index is 1330. The number of rotatable bonds is 5. The average Bonchev–Trinajstić information content (AvgIpc) is 3.49. The number of hydrogen-bond acceptors (Lipinski definition) is 6. The third-order valence-corrected chi connectivity index (χ3v) is 6.54. The fourth-order valence-corrected chi connectivity index (χ4v) is 4.94. The quantitative estimate of drug-likeness (QED) is 0.374. The first-order valence-corrected chi connectivity index (χ1v) is 11.1. The van der Waals surface area contributed by atoms with Crippen LogP contribution in [0, 0.1) is 0 Å². The molecule has 1 aromatic carbocycles. The molecule has 0 saturated heterocycles. The Balaban J connectivity index is 1.58. The summed E-state index contributed by atoms with van der Waals surface area (Å²) >= 11 is 4.82. The van der Waals surface area contributed by atoms with E-state index in [1.165, 1.54) is 16.2 Å². The molecule has 0 radical (unpaired) electrons. The Kier molecular flexibility index (Phi) is 4.95. The van der Waals surface area contributed by atoms with Crippen LogP contribution in [0.25, 0.3) is 11.0 Å². The second-order valence-electron chi connectivity index (χ2n) is 7.06. The van der Waals surface area contributed by atoms with Crippen LogP contribution in [-0.4, -0.2) is 26.7 Å². The van der Waals surface area contributed by atoms with E-state index in [-0.39, 0.29) is 17.9 Å². The molecular weight excluding hydrogens is 480 g/mol. The minimum Gasteiger partial charge on any atom is -0.503 e. The lowest BCUT2D eigenvalue weighted by Gasteiger charge is -2.25. The molecule has 1 unspecified atom stereocenters. The topological polar surface area (TPSA) is 83.6 Å². The van der Waals surface area contributed by atoms with E-state index in [2.05, 4.69) is 20.9 Å². The van der Waals surface area contributed by atoms with Gasteiger partial charge in [0.15, 0.2) is 11.5 Å². The number of carbonyl (C=O) groups excluding carboxylic acids is 2. The highest BCUT2D eigenvalue weighted by molar-refractivity contribution is 9.10. The van der Waals surface area contributed by atoms with Gasteiger partial charge in [-0.3, -0.25) is 14.6 Å². The number of thiophene rings is 1. The number of Topliss-reactive ketones (excluding diaryl/α,β-unsaturated/α-hetero) is 1. The van der Waals surface area contributed by atoms with Crippen LogP contribution < -0.4 is 0 Å². The lowest BCUT2D eigenvalue weighted by atomic mass is 10.00. The maximum atomic E-state index is 13.4. The number of benzene rings is 1. The molecule has 4 aromatic rings. The van der Waals surface area contributed by atoms with Gasteiger partial charge in [0.25, 0.3) is 5.91 Å². The number of aromatic nitrogens is 1. The maximum absolute atomic E-state index is 13.4. The number of aliphatic hydroxyl groups is 1. The summed E-state index contributed by atoms with van der Waals surface area (Å²) in [7, 11) is 0. The Morgan fingerprint density at radius 2 is 2.06 bits per heavy atom. The van der Waals surface area contributed by atoms with E-state index in [1.54, 1.807) is 30.5 Å². The van der Waals surface area contributed by atoms with E-state index in [1.807, 2.05) is 35.7 Å². The predicted molar refractivity (Wildman–Crippen MR) is 120 cm³/mol. The molecule has 1 atom stereocenters. The highest BCUT2D eigenvalue weighted by Gasteiger charge is 2.45. The van der Waals surface area contributed by atoms with Gasteiger partial charge < -0.3 is 14.4 Å². The molecule has 1 aliphatic heterocycles. The van der Waals surface area contributed by atoms with Gasteiger partial charge >= 0.3 is 0 Å². The number of fused-ring (bicyclic) bond motifs is 1. The zero-order valence-corrected chi connectivity index (χ0v) is 18.4. The standard InChI is InChI=1S/C23H15BrN2O4S/c24-14-6-7-16-13(10-14)11-17(30-16)21(27)19-20(18-5-3-9-31-18)26(23(29)22(19)28)12-15-4-1-2-8-25-15/h1-11,20,28H,12H2. The zero-order chi connectivity index (χ0) is 21.5. The second-order valence-corrected chi connectivity index (χ2v) is 8.95. The third kappa shape index (κ3) is 3.47. The van der Waals surface area contributed by atoms with Gasteiger partial charge in [-0.05, 0) is 47.8 Å². The van der Waals surface area contributed by atoms with E-state index >= 15 is 0 Å². The molecule has 1 aliphatic rings. The van der Waals surface area contributed by atoms with E-state index in [0.717, 1.165) is 14.7 Å². The Morgan fingerprint density at radius 3 is 2.81 bits per heavy atom. The minimum atomic E-state index is -0.720. The van der Waals surface area contributed by atoms with E-state index in [4.69, 9.17) is 4.42 Å². The molecule has 6 nitrogen and oxygen atoms in total. The number of pyridine rings is 1. The van der Waals surface area contributed by atoms with Crippen LogP contribution in [-0.2, 0) is 11.3 Å². The van der Waals surface area contributed by atoms with Crippen LogP contribution in [0.1, 0.15) is 27.2 Å². The van der Waals surface area contributed by atoms with Crippen LogP contribution in [0.4, 0.5) is 0 Å². The summed E-state index contributed by atoms with van der Waals surface area (Å²) in [5.74, 6) is -1.60. The molecule has 8 heteroatoms. The van der Waals surface area contributed by atoms with Gasteiger partial charge in [0.1, 0.15) is 11.6 Å². The second kappa shape index (κ2) is 7.79. The lowest BCUT2D eigenvalue weighted by Crippen LogP contribution is -2.30. The van der Waals surface area contributed by atoms with Crippen LogP contribution >= 0.6 is 27.3 Å². The summed E-state index contributed by atoms with van der Waals surface area (Å²) in [6.45, 7) is 0.163. The molecule has 0 aliphatic carbocycles. The fraction of sp³-hybridized carbons (Fsp3) is 0.0870. The van der Waals surface area contributed by atoms with Crippen LogP contribution in [0.3, 0.4) is 0 Å². The molecular formula is C23H15BrN2O4S. The molecule has 154 valence electrons. The monoisotopic (exact) mass is 494 g/mol. The smallest absolute Gasteiger partial charge is 0.290 e. The summed E-state index contributed by atoms with van der Waals surface area (Å²) in [5.41, 5.74) is 1.22. The molecule has 4 heterocycles. The predicted octanol–water partition coefficient (Wildman–Crippen LogP) is 5.43. The zero-order valence-electron chi connectivity index (χ0n) is 16.0. The van der Waals surface area contributed by atoms with Gasteiger partial charge in [0.2, 0.25) is 5.78 Å². The number of carbonyl (C=O) groups is 2. The summed E-state index contributed by atoms with van der Waals surface area (Å²) in [4.78, 5) is 33.0. The van der Waals surface area contributed by atoms with Crippen LogP contribution in [0.5, 0.6) is 0 Å². The number of nitrogens with zero attached hydrogens (tertiary/aromatic N) is 2. The van der Waals surface area contributed by atoms with Crippen molar-refractivity contribution in [3.8, 4) is 0 Å². The molecule has 1 amide bonds. The van der Waals surface area contributed by atoms with Gasteiger partial charge in [-0.1, -0.05) is 28.1 Å². The van der Waals surface area contributed by atoms with Crippen molar-refractivity contribution in [2.24, 2.45) is 0 Å². The number of halogens is 1. The summed E-state index contributed by atoms with van der Waals surface area (Å²) < 4.78 is 6.60. The molecule has 5 rings (SSSR count). The first-order chi connectivity index (χ1) is 15.0. The van der Waals surface area contributed by atoms with Gasteiger partial charge in [-0.25, -0.2) is 0 Å². The lowest BCUT2D eigenvalue weighted by molar-refractivity contribution is -0.130. The largest absolute Gasteiger partial charge is 0.503 e. The summed E-state index contributed by atoms with van der Waals surface area (Å²) in [6.07, 6.45) is 1.64. The molecule has 0 fully saturated rings. The Morgan fingerprint density at radius 1 is 1.19 bits per heavy atom. The normalized spacial score (nSPS) is 16.5. The molecule has 1 N–H and O–H groups in total. The molecule has 3 aromatic heterocycles. The molecule has 0 saturated carbocycles. The van der Waals surface area contributed by atoms with Crippen LogP contribution in [0.15, 0.2) is 86.4 Å². The Labute approximate surface area is 189 Å². The van der Waals surface area contributed by atoms with Crippen molar-refractivity contribution in [3.05, 3.63) is 98.3 Å². The van der Waals surface area contributed by atoms with Gasteiger partial charge in [0.05, 0.1) is 17.8 Å². The fourth-order valence-electron chi connectivity index (χ4n) is 3.72. The van der Waals surface area contributed by atoms with E-state index in [9.17, 15) is 14.7 Å². The average molecular weight is 495 g/mol. The van der Waals surface area contributed by atoms with Crippen molar-refractivity contribution in [3.63, 3.8) is 0 Å². The summed E-state index contributed by atoms with van der Waals surface area (Å²) in [6, 6.07) is 15.4. The first-order valence-electron chi connectivity index (χ1n) is 9.44. The van der Waals surface area contributed by atoms with Crippen molar-refractivity contribution in [2.45, 2.75) is 12.6 Å². The number of furan rings is 1. The number of aliphatic hydroxyl groups excluding tert-OH is 1. The van der Waals surface area contributed by atoms with Gasteiger partial charge in [-0.2, -0.15) is 0 Å². The third-order valence-electron chi connectivity index (χ3n) is 5.12. The number of hydrogen-bond donors (Lipinski definition) is 1. The van der Waals surface area contributed by atoms with Gasteiger partial charge in [0, 0.05) is 20.9 Å². The maximum Gasteiger partial charge on any atom is 0.290 e. The number of ketones is 1. The van der Waals surface area contributed by atoms with E-state index in [0.29, 0.717) is 11.3 Å². The van der Waals surface area contributed by atoms with Crippen molar-refractivity contribution < 1.29 is 19.1 Å². The highest BCUT2D eigenvalue weighted by Crippen LogP contribution is 2.42. The van der Waals surface area contributed by atoms with Crippen molar-refractivity contribution in [1.29, 1.82) is 0 Å². The van der Waals surface area contributed by atoms with Crippen molar-refractivity contribution in [2.75, 3.05) is 0 Å². The first kappa shape index (κ1) is 19.7. The highest BCUT2D eigenvalue weighted by atomic mass is 79.9. The van der Waals surface area contributed by atoms with Crippen molar-refractivity contribution in [1.82, 2.24) is 9.88 Å². The SMILES string of the molecule is O=C(C1=C(O)C(=O)N(Cc2ccccn2)C1c1cccs1)c1cc2cc(Br)ccc2o1. The molecule has 0 bridgehead atoms.